The van der Waals surface area contributed by atoms with Crippen molar-refractivity contribution in [3.8, 4) is 0 Å². The lowest BCUT2D eigenvalue weighted by atomic mass is 10.3. The first kappa shape index (κ1) is 13.7. The number of anilines is 1. The van der Waals surface area contributed by atoms with Crippen molar-refractivity contribution < 1.29 is 13.9 Å². The Morgan fingerprint density at radius 1 is 1.59 bits per heavy atom. The molecule has 0 saturated heterocycles. The highest BCUT2D eigenvalue weighted by molar-refractivity contribution is 6.82. The van der Waals surface area contributed by atoms with Gasteiger partial charge in [0.15, 0.2) is 0 Å². The van der Waals surface area contributed by atoms with E-state index in [9.17, 15) is 9.18 Å². The number of esters is 1. The van der Waals surface area contributed by atoms with Crippen molar-refractivity contribution in [2.24, 2.45) is 5.10 Å². The van der Waals surface area contributed by atoms with Gasteiger partial charge >= 0.3 is 5.97 Å². The zero-order valence-corrected chi connectivity index (χ0v) is 10.3. The molecule has 0 saturated carbocycles. The zero-order chi connectivity index (χ0) is 12.8. The second kappa shape index (κ2) is 6.42. The Morgan fingerprint density at radius 2 is 2.29 bits per heavy atom. The fraction of sp³-hybridized carbons (Fsp3) is 0.200. The van der Waals surface area contributed by atoms with Crippen LogP contribution in [0, 0.1) is 5.82 Å². The van der Waals surface area contributed by atoms with Gasteiger partial charge in [-0.1, -0.05) is 23.2 Å². The fourth-order valence-electron chi connectivity index (χ4n) is 0.926. The van der Waals surface area contributed by atoms with Crippen LogP contribution in [0.1, 0.15) is 6.92 Å². The van der Waals surface area contributed by atoms with E-state index >= 15 is 0 Å². The number of nitrogens with zero attached hydrogens (tertiary/aromatic N) is 1. The van der Waals surface area contributed by atoms with Crippen LogP contribution in [0.25, 0.3) is 0 Å². The van der Waals surface area contributed by atoms with E-state index in [1.54, 1.807) is 6.92 Å². The van der Waals surface area contributed by atoms with Gasteiger partial charge in [0.2, 0.25) is 5.17 Å². The van der Waals surface area contributed by atoms with Gasteiger partial charge in [-0.15, -0.1) is 0 Å². The highest BCUT2D eigenvalue weighted by atomic mass is 35.5. The molecule has 0 atom stereocenters. The Balaban J connectivity index is 2.72. The summed E-state index contributed by atoms with van der Waals surface area (Å²) < 4.78 is 17.3. The Kier molecular flexibility index (Phi) is 5.18. The van der Waals surface area contributed by atoms with Gasteiger partial charge in [-0.25, -0.2) is 9.18 Å². The standard InChI is InChI=1S/C10H9Cl2FN2O2/c1-2-17-10(16)9(12)15-14-8-4-3-6(13)5-7(8)11/h3-5,14H,2H2,1H3/b15-9-. The number of nitrogens with one attached hydrogen (secondary N) is 1. The average Bonchev–Trinajstić information content (AvgIpc) is 2.27. The normalized spacial score (nSPS) is 11.2. The molecule has 0 heterocycles. The van der Waals surface area contributed by atoms with Crippen molar-refractivity contribution in [1.29, 1.82) is 0 Å². The Morgan fingerprint density at radius 3 is 2.88 bits per heavy atom. The van der Waals surface area contributed by atoms with Crippen LogP contribution in [-0.2, 0) is 9.53 Å². The van der Waals surface area contributed by atoms with Gasteiger partial charge in [0.1, 0.15) is 5.82 Å². The lowest BCUT2D eigenvalue weighted by molar-refractivity contribution is -0.134. The number of carbonyl (C=O) groups is 1. The van der Waals surface area contributed by atoms with E-state index in [1.807, 2.05) is 0 Å². The maximum absolute atomic E-state index is 12.7. The molecule has 0 aromatic heterocycles. The lowest BCUT2D eigenvalue weighted by Gasteiger charge is -2.04. The highest BCUT2D eigenvalue weighted by Gasteiger charge is 2.09. The summed E-state index contributed by atoms with van der Waals surface area (Å²) in [6, 6.07) is 3.68. The first-order valence-corrected chi connectivity index (χ1v) is 5.41. The van der Waals surface area contributed by atoms with Crippen molar-refractivity contribution in [2.45, 2.75) is 6.92 Å². The van der Waals surface area contributed by atoms with Crippen LogP contribution in [0.15, 0.2) is 23.3 Å². The lowest BCUT2D eigenvalue weighted by Crippen LogP contribution is -2.13. The molecule has 17 heavy (non-hydrogen) atoms. The molecule has 1 aromatic rings. The van der Waals surface area contributed by atoms with Gasteiger partial charge < -0.3 is 4.74 Å². The Bertz CT molecular complexity index is 452. The number of rotatable bonds is 4. The maximum atomic E-state index is 12.7. The third-order valence-corrected chi connectivity index (χ3v) is 2.20. The number of ether oxygens (including phenoxy) is 1. The second-order valence-corrected chi connectivity index (χ2v) is 3.62. The molecule has 0 unspecified atom stereocenters. The summed E-state index contributed by atoms with van der Waals surface area (Å²) in [5.74, 6) is -1.22. The predicted octanol–water partition coefficient (Wildman–Crippen LogP) is 3.01. The largest absolute Gasteiger partial charge is 0.461 e. The third kappa shape index (κ3) is 4.20. The van der Waals surface area contributed by atoms with Crippen LogP contribution in [0.3, 0.4) is 0 Å². The van der Waals surface area contributed by atoms with Crippen molar-refractivity contribution in [1.82, 2.24) is 0 Å². The first-order valence-electron chi connectivity index (χ1n) is 4.66. The van der Waals surface area contributed by atoms with E-state index in [0.29, 0.717) is 5.69 Å². The molecule has 0 bridgehead atoms. The molecule has 7 heteroatoms. The molecule has 1 rings (SSSR count). The SMILES string of the molecule is CCOC(=O)/C(Cl)=N/Nc1ccc(F)cc1Cl. The van der Waals surface area contributed by atoms with E-state index in [2.05, 4.69) is 15.3 Å². The average molecular weight is 279 g/mol. The summed E-state index contributed by atoms with van der Waals surface area (Å²) in [6.45, 7) is 1.84. The summed E-state index contributed by atoms with van der Waals surface area (Å²) in [5, 5.41) is 3.31. The van der Waals surface area contributed by atoms with Crippen LogP contribution < -0.4 is 5.43 Å². The smallest absolute Gasteiger partial charge is 0.370 e. The van der Waals surface area contributed by atoms with E-state index in [1.165, 1.54) is 12.1 Å². The molecule has 0 spiro atoms. The van der Waals surface area contributed by atoms with Crippen LogP contribution in [-0.4, -0.2) is 17.7 Å². The topological polar surface area (TPSA) is 50.7 Å². The van der Waals surface area contributed by atoms with E-state index in [4.69, 9.17) is 23.2 Å². The van der Waals surface area contributed by atoms with Gasteiger partial charge in [-0.3, -0.25) is 5.43 Å². The number of hydrogen-bond acceptors (Lipinski definition) is 4. The zero-order valence-electron chi connectivity index (χ0n) is 8.84. The van der Waals surface area contributed by atoms with Gasteiger partial charge in [0.05, 0.1) is 17.3 Å². The minimum absolute atomic E-state index is 0.127. The highest BCUT2D eigenvalue weighted by Crippen LogP contribution is 2.22. The minimum Gasteiger partial charge on any atom is -0.461 e. The summed E-state index contributed by atoms with van der Waals surface area (Å²) in [4.78, 5) is 11.1. The molecule has 0 aliphatic heterocycles. The summed E-state index contributed by atoms with van der Waals surface area (Å²) in [7, 11) is 0. The molecular weight excluding hydrogens is 270 g/mol. The van der Waals surface area contributed by atoms with Crippen LogP contribution in [0.2, 0.25) is 5.02 Å². The molecule has 4 nitrogen and oxygen atoms in total. The number of hydrogen-bond donors (Lipinski definition) is 1. The molecule has 1 aromatic carbocycles. The summed E-state index contributed by atoms with van der Waals surface area (Å²) in [6.07, 6.45) is 0. The second-order valence-electron chi connectivity index (χ2n) is 2.86. The summed E-state index contributed by atoms with van der Waals surface area (Å²) in [5.41, 5.74) is 2.76. The first-order chi connectivity index (χ1) is 8.04. The van der Waals surface area contributed by atoms with Gasteiger partial charge in [-0.2, -0.15) is 5.10 Å². The fourth-order valence-corrected chi connectivity index (χ4v) is 1.23. The van der Waals surface area contributed by atoms with Crippen molar-refractivity contribution in [3.63, 3.8) is 0 Å². The number of carbonyl (C=O) groups excluding carboxylic acids is 1. The minimum atomic E-state index is -0.750. The van der Waals surface area contributed by atoms with E-state index < -0.39 is 11.8 Å². The molecule has 0 fully saturated rings. The molecule has 1 N–H and O–H groups in total. The van der Waals surface area contributed by atoms with E-state index in [-0.39, 0.29) is 16.8 Å². The Labute approximate surface area is 107 Å². The number of hydrazone groups is 1. The number of halogens is 3. The van der Waals surface area contributed by atoms with E-state index in [0.717, 1.165) is 6.07 Å². The van der Waals surface area contributed by atoms with Crippen LogP contribution >= 0.6 is 23.2 Å². The van der Waals surface area contributed by atoms with Gasteiger partial charge in [0, 0.05) is 0 Å². The molecule has 0 aliphatic rings. The summed E-state index contributed by atoms with van der Waals surface area (Å²) >= 11 is 11.3. The molecule has 0 radical (unpaired) electrons. The van der Waals surface area contributed by atoms with Gasteiger partial charge in [-0.05, 0) is 25.1 Å². The predicted molar refractivity (Wildman–Crippen MR) is 65.0 cm³/mol. The van der Waals surface area contributed by atoms with Crippen molar-refractivity contribution >= 4 is 40.0 Å². The number of benzene rings is 1. The van der Waals surface area contributed by atoms with Crippen molar-refractivity contribution in [3.05, 3.63) is 29.0 Å². The monoisotopic (exact) mass is 278 g/mol. The van der Waals surface area contributed by atoms with Crippen molar-refractivity contribution in [2.75, 3.05) is 12.0 Å². The van der Waals surface area contributed by atoms with Crippen LogP contribution in [0.4, 0.5) is 10.1 Å². The quantitative estimate of drug-likeness (QED) is 0.523. The van der Waals surface area contributed by atoms with Crippen LogP contribution in [0.5, 0.6) is 0 Å². The maximum Gasteiger partial charge on any atom is 0.370 e. The molecule has 92 valence electrons. The molecule has 0 aliphatic carbocycles. The third-order valence-electron chi connectivity index (χ3n) is 1.65. The van der Waals surface area contributed by atoms with Gasteiger partial charge in [0.25, 0.3) is 0 Å². The molecule has 0 amide bonds. The molecular formula is C10H9Cl2FN2O2. The Hall–Kier alpha value is -1.33.